The third-order valence-corrected chi connectivity index (χ3v) is 5.73. The smallest absolute Gasteiger partial charge is 0.230 e. The summed E-state index contributed by atoms with van der Waals surface area (Å²) in [4.78, 5) is 15.4. The summed E-state index contributed by atoms with van der Waals surface area (Å²) in [6.45, 7) is 4.74. The van der Waals surface area contributed by atoms with Crippen LogP contribution in [0.1, 0.15) is 30.7 Å². The molecule has 0 spiro atoms. The number of nitrogens with one attached hydrogen (secondary N) is 2. The summed E-state index contributed by atoms with van der Waals surface area (Å²) in [6.07, 6.45) is 4.99. The van der Waals surface area contributed by atoms with Crippen LogP contribution >= 0.6 is 0 Å². The number of nitrogens with zero attached hydrogens (tertiary/aromatic N) is 4. The Morgan fingerprint density at radius 1 is 1.15 bits per heavy atom. The Labute approximate surface area is 160 Å². The number of hydrogen-bond acceptors (Lipinski definition) is 7. The molecule has 1 aromatic carbocycles. The molecule has 0 radical (unpaired) electrons. The van der Waals surface area contributed by atoms with Crippen LogP contribution in [0.15, 0.2) is 36.7 Å². The summed E-state index contributed by atoms with van der Waals surface area (Å²) >= 11 is 0. The van der Waals surface area contributed by atoms with Crippen LogP contribution in [0.5, 0.6) is 0 Å². The second kappa shape index (κ2) is 8.63. The van der Waals surface area contributed by atoms with Gasteiger partial charge in [-0.3, -0.25) is 0 Å². The summed E-state index contributed by atoms with van der Waals surface area (Å²) in [6, 6.07) is 11.0. The summed E-state index contributed by atoms with van der Waals surface area (Å²) in [5, 5.41) is 6.94. The average molecular weight is 368 g/mol. The second-order valence-electron chi connectivity index (χ2n) is 7.59. The maximum absolute atomic E-state index is 6.01. The van der Waals surface area contributed by atoms with Gasteiger partial charge in [0.1, 0.15) is 6.33 Å². The van der Waals surface area contributed by atoms with E-state index < -0.39 is 0 Å². The molecular formula is C20H29N7. The van der Waals surface area contributed by atoms with Gasteiger partial charge >= 0.3 is 0 Å². The van der Waals surface area contributed by atoms with Crippen LogP contribution in [-0.4, -0.2) is 53.7 Å². The number of aromatic nitrogens is 3. The molecule has 2 aromatic rings. The highest BCUT2D eigenvalue weighted by atomic mass is 15.3. The summed E-state index contributed by atoms with van der Waals surface area (Å²) in [5.41, 5.74) is 7.40. The lowest BCUT2D eigenvalue weighted by molar-refractivity contribution is 0.324. The standard InChI is InChI=1S/C20H29N7/c21-17-8-11-27(13-17)20-25-14-24-19(26-20)23-12-18(15-4-2-1-3-5-15)16-6-9-22-10-7-16/h1-5,14,16-18,22H,6-13,21H2,(H,23,24,25,26). The molecule has 4 N–H and O–H groups in total. The van der Waals surface area contributed by atoms with Crippen LogP contribution in [0.2, 0.25) is 0 Å². The fourth-order valence-corrected chi connectivity index (χ4v) is 4.20. The van der Waals surface area contributed by atoms with Crippen LogP contribution < -0.4 is 21.3 Å². The molecule has 7 nitrogen and oxygen atoms in total. The molecule has 2 aliphatic rings. The van der Waals surface area contributed by atoms with Gasteiger partial charge in [0.05, 0.1) is 0 Å². The molecule has 4 rings (SSSR count). The molecule has 2 fully saturated rings. The van der Waals surface area contributed by atoms with Crippen molar-refractivity contribution in [2.45, 2.75) is 31.2 Å². The third kappa shape index (κ3) is 4.54. The first-order chi connectivity index (χ1) is 13.3. The molecule has 2 atom stereocenters. The van der Waals surface area contributed by atoms with Crippen LogP contribution in [0.3, 0.4) is 0 Å². The van der Waals surface area contributed by atoms with Gasteiger partial charge in [0.15, 0.2) is 0 Å². The number of rotatable bonds is 6. The predicted octanol–water partition coefficient (Wildman–Crippen LogP) is 1.60. The number of piperidine rings is 1. The van der Waals surface area contributed by atoms with E-state index in [-0.39, 0.29) is 6.04 Å². The van der Waals surface area contributed by atoms with E-state index in [4.69, 9.17) is 5.73 Å². The number of nitrogens with two attached hydrogens (primary N) is 1. The van der Waals surface area contributed by atoms with E-state index in [1.54, 1.807) is 6.33 Å². The molecule has 3 heterocycles. The van der Waals surface area contributed by atoms with E-state index in [1.807, 2.05) is 0 Å². The Balaban J connectivity index is 1.46. The van der Waals surface area contributed by atoms with Crippen molar-refractivity contribution in [1.82, 2.24) is 20.3 Å². The van der Waals surface area contributed by atoms with Crippen molar-refractivity contribution < 1.29 is 0 Å². The van der Waals surface area contributed by atoms with E-state index in [2.05, 4.69) is 60.8 Å². The van der Waals surface area contributed by atoms with Gasteiger partial charge in [-0.1, -0.05) is 30.3 Å². The molecule has 2 aliphatic heterocycles. The molecule has 7 heteroatoms. The van der Waals surface area contributed by atoms with Crippen molar-refractivity contribution in [3.05, 3.63) is 42.2 Å². The van der Waals surface area contributed by atoms with Crippen molar-refractivity contribution >= 4 is 11.9 Å². The van der Waals surface area contributed by atoms with Crippen LogP contribution in [-0.2, 0) is 0 Å². The highest BCUT2D eigenvalue weighted by molar-refractivity contribution is 5.37. The van der Waals surface area contributed by atoms with E-state index >= 15 is 0 Å². The molecule has 0 saturated carbocycles. The molecule has 0 aliphatic carbocycles. The molecule has 1 aromatic heterocycles. The van der Waals surface area contributed by atoms with Gasteiger partial charge in [-0.25, -0.2) is 9.97 Å². The van der Waals surface area contributed by atoms with Crippen LogP contribution in [0.4, 0.5) is 11.9 Å². The zero-order valence-corrected chi connectivity index (χ0v) is 15.7. The van der Waals surface area contributed by atoms with E-state index in [0.29, 0.717) is 17.8 Å². The van der Waals surface area contributed by atoms with Crippen molar-refractivity contribution in [3.8, 4) is 0 Å². The molecule has 27 heavy (non-hydrogen) atoms. The van der Waals surface area contributed by atoms with Crippen molar-refractivity contribution in [2.24, 2.45) is 11.7 Å². The third-order valence-electron chi connectivity index (χ3n) is 5.73. The van der Waals surface area contributed by atoms with Crippen LogP contribution in [0.25, 0.3) is 0 Å². The molecule has 2 saturated heterocycles. The highest BCUT2D eigenvalue weighted by Gasteiger charge is 2.25. The van der Waals surface area contributed by atoms with Gasteiger partial charge in [-0.15, -0.1) is 0 Å². The molecule has 0 amide bonds. The van der Waals surface area contributed by atoms with E-state index in [1.165, 1.54) is 18.4 Å². The zero-order valence-electron chi connectivity index (χ0n) is 15.7. The fourth-order valence-electron chi connectivity index (χ4n) is 4.20. The first kappa shape index (κ1) is 18.1. The monoisotopic (exact) mass is 367 g/mol. The Hall–Kier alpha value is -2.25. The largest absolute Gasteiger partial charge is 0.353 e. The molecule has 0 bridgehead atoms. The Bertz CT molecular complexity index is 717. The quantitative estimate of drug-likeness (QED) is 0.714. The molecular weight excluding hydrogens is 338 g/mol. The number of anilines is 2. The Kier molecular flexibility index (Phi) is 5.79. The van der Waals surface area contributed by atoms with Crippen molar-refractivity contribution in [2.75, 3.05) is 42.9 Å². The van der Waals surface area contributed by atoms with E-state index in [0.717, 1.165) is 45.1 Å². The first-order valence-corrected chi connectivity index (χ1v) is 9.98. The minimum Gasteiger partial charge on any atom is -0.353 e. The van der Waals surface area contributed by atoms with Gasteiger partial charge in [-0.2, -0.15) is 4.98 Å². The number of benzene rings is 1. The normalized spacial score (nSPS) is 22.0. The fraction of sp³-hybridized carbons (Fsp3) is 0.550. The summed E-state index contributed by atoms with van der Waals surface area (Å²) in [5.74, 6) is 2.49. The van der Waals surface area contributed by atoms with Gasteiger partial charge in [-0.05, 0) is 43.8 Å². The zero-order chi connectivity index (χ0) is 18.5. The predicted molar refractivity (Wildman–Crippen MR) is 108 cm³/mol. The molecule has 144 valence electrons. The lowest BCUT2D eigenvalue weighted by atomic mass is 9.80. The number of hydrogen-bond donors (Lipinski definition) is 3. The minimum absolute atomic E-state index is 0.209. The second-order valence-corrected chi connectivity index (χ2v) is 7.59. The highest BCUT2D eigenvalue weighted by Crippen LogP contribution is 2.31. The maximum atomic E-state index is 6.01. The lowest BCUT2D eigenvalue weighted by Crippen LogP contribution is -2.33. The molecule has 2 unspecified atom stereocenters. The topological polar surface area (TPSA) is 92.0 Å². The SMILES string of the molecule is NC1CCN(c2ncnc(NCC(c3ccccc3)C3CCNCC3)n2)C1. The maximum Gasteiger partial charge on any atom is 0.230 e. The summed E-state index contributed by atoms with van der Waals surface area (Å²) < 4.78 is 0. The first-order valence-electron chi connectivity index (χ1n) is 9.98. The summed E-state index contributed by atoms with van der Waals surface area (Å²) in [7, 11) is 0. The van der Waals surface area contributed by atoms with E-state index in [9.17, 15) is 0 Å². The van der Waals surface area contributed by atoms with Crippen molar-refractivity contribution in [1.29, 1.82) is 0 Å². The lowest BCUT2D eigenvalue weighted by Gasteiger charge is -2.31. The average Bonchev–Trinajstić information content (AvgIpc) is 3.16. The van der Waals surface area contributed by atoms with Gasteiger partial charge in [0.25, 0.3) is 0 Å². The van der Waals surface area contributed by atoms with Gasteiger partial charge < -0.3 is 21.3 Å². The van der Waals surface area contributed by atoms with Gasteiger partial charge in [0.2, 0.25) is 11.9 Å². The van der Waals surface area contributed by atoms with Gasteiger partial charge in [0, 0.05) is 31.6 Å². The Morgan fingerprint density at radius 3 is 2.70 bits per heavy atom. The van der Waals surface area contributed by atoms with Crippen molar-refractivity contribution in [3.63, 3.8) is 0 Å². The Morgan fingerprint density at radius 2 is 1.96 bits per heavy atom. The minimum atomic E-state index is 0.209. The van der Waals surface area contributed by atoms with Crippen LogP contribution in [0, 0.1) is 5.92 Å².